The van der Waals surface area contributed by atoms with Gasteiger partial charge in [-0.15, -0.1) is 0 Å². The van der Waals surface area contributed by atoms with Crippen LogP contribution < -0.4 is 0 Å². The summed E-state index contributed by atoms with van der Waals surface area (Å²) in [4.78, 5) is 0. The third kappa shape index (κ3) is 7.43. The molecule has 0 fully saturated rings. The molecule has 0 saturated heterocycles. The summed E-state index contributed by atoms with van der Waals surface area (Å²) in [6.45, 7) is 4.15. The monoisotopic (exact) mass is 840 g/mol. The third-order valence-corrected chi connectivity index (χ3v) is 13.2. The van der Waals surface area contributed by atoms with Crippen molar-refractivity contribution in [2.24, 2.45) is 5.92 Å². The molecule has 0 unspecified atom stereocenters. The largest absolute Gasteiger partial charge is 0.0990 e. The van der Waals surface area contributed by atoms with Crippen molar-refractivity contribution in [3.8, 4) is 55.6 Å². The average molecular weight is 841 g/mol. The van der Waals surface area contributed by atoms with Gasteiger partial charge in [-0.2, -0.15) is 0 Å². The van der Waals surface area contributed by atoms with E-state index >= 15 is 0 Å². The van der Waals surface area contributed by atoms with Crippen molar-refractivity contribution in [3.63, 3.8) is 0 Å². The summed E-state index contributed by atoms with van der Waals surface area (Å²) in [5.74, 6) is 0.352. The Balaban J connectivity index is 1.13. The van der Waals surface area contributed by atoms with Gasteiger partial charge in [0.1, 0.15) is 0 Å². The standard InChI is InChI=1S/C66H48/c1-2-23-49(29-22-26-46-24-6-3-4-7-25-46)51-30-10-12-32-53(51)63-55-34-14-18-38-59(55)65(60-39-19-15-35-56(60)63)66-61-40-20-16-36-57(61)64(58-37-17-21-41-62(58)66)54-33-13-11-31-52(54)50-44-42-48(43-45-50)47-27-8-5-9-28-47/h2-25,27-46H,1,26H2/b29-22-,49-23+. The van der Waals surface area contributed by atoms with Crippen LogP contribution in [0.1, 0.15) is 12.0 Å². The first-order valence-electron chi connectivity index (χ1n) is 23.0. The number of hydrogen-bond acceptors (Lipinski definition) is 0. The van der Waals surface area contributed by atoms with Gasteiger partial charge in [-0.1, -0.05) is 268 Å². The summed E-state index contributed by atoms with van der Waals surface area (Å²) >= 11 is 0. The van der Waals surface area contributed by atoms with E-state index in [0.717, 1.165) is 12.0 Å². The van der Waals surface area contributed by atoms with E-state index < -0.39 is 0 Å². The van der Waals surface area contributed by atoms with Crippen LogP contribution in [0.25, 0.3) is 104 Å². The first-order chi connectivity index (χ1) is 32.8. The Labute approximate surface area is 387 Å². The van der Waals surface area contributed by atoms with E-state index in [9.17, 15) is 0 Å². The van der Waals surface area contributed by atoms with Gasteiger partial charge >= 0.3 is 0 Å². The Morgan fingerprint density at radius 3 is 1.27 bits per heavy atom. The third-order valence-electron chi connectivity index (χ3n) is 13.2. The van der Waals surface area contributed by atoms with E-state index in [2.05, 4.69) is 261 Å². The van der Waals surface area contributed by atoms with E-state index in [1.54, 1.807) is 0 Å². The van der Waals surface area contributed by atoms with E-state index in [-0.39, 0.29) is 0 Å². The minimum absolute atomic E-state index is 0.352. The van der Waals surface area contributed by atoms with Gasteiger partial charge in [0.25, 0.3) is 0 Å². The molecule has 0 nitrogen and oxygen atoms in total. The second kappa shape index (κ2) is 18.0. The summed E-state index contributed by atoms with van der Waals surface area (Å²) < 4.78 is 0. The van der Waals surface area contributed by atoms with Gasteiger partial charge in [0.05, 0.1) is 0 Å². The number of hydrogen-bond donors (Lipinski definition) is 0. The van der Waals surface area contributed by atoms with Crippen molar-refractivity contribution in [3.05, 3.63) is 273 Å². The molecule has 11 rings (SSSR count). The van der Waals surface area contributed by atoms with Crippen LogP contribution in [-0.2, 0) is 0 Å². The van der Waals surface area contributed by atoms with Crippen LogP contribution >= 0.6 is 0 Å². The van der Waals surface area contributed by atoms with Crippen LogP contribution in [0.5, 0.6) is 0 Å². The summed E-state index contributed by atoms with van der Waals surface area (Å²) in [6.07, 6.45) is 22.5. The smallest absolute Gasteiger partial charge is 0.00126 e. The highest BCUT2D eigenvalue weighted by Gasteiger charge is 2.24. The molecule has 66 heavy (non-hydrogen) atoms. The van der Waals surface area contributed by atoms with Crippen molar-refractivity contribution in [2.75, 3.05) is 0 Å². The predicted molar refractivity (Wildman–Crippen MR) is 286 cm³/mol. The summed E-state index contributed by atoms with van der Waals surface area (Å²) in [7, 11) is 0. The minimum atomic E-state index is 0.352. The SMILES string of the molecule is C=C/C=C(\C=C/CC1C=CC=CC=C1)c1ccccc1-c1c2ccccc2c(-c2c3ccccc3c(-c3ccccc3-c3ccc(-c4ccccc4)cc3)c3ccccc23)c2ccccc12. The highest BCUT2D eigenvalue weighted by Crippen LogP contribution is 2.51. The first-order valence-corrected chi connectivity index (χ1v) is 23.0. The lowest BCUT2D eigenvalue weighted by Gasteiger charge is -2.23. The summed E-state index contributed by atoms with van der Waals surface area (Å²) in [5.41, 5.74) is 14.6. The molecular weight excluding hydrogens is 793 g/mol. The van der Waals surface area contributed by atoms with E-state index in [1.165, 1.54) is 104 Å². The van der Waals surface area contributed by atoms with E-state index in [0.29, 0.717) is 5.92 Å². The van der Waals surface area contributed by atoms with Crippen molar-refractivity contribution < 1.29 is 0 Å². The molecule has 0 amide bonds. The molecule has 0 atom stereocenters. The molecule has 0 heteroatoms. The number of fused-ring (bicyclic) bond motifs is 4. The van der Waals surface area contributed by atoms with Gasteiger partial charge in [-0.25, -0.2) is 0 Å². The zero-order valence-electron chi connectivity index (χ0n) is 36.8. The predicted octanol–water partition coefficient (Wildman–Crippen LogP) is 18.4. The van der Waals surface area contributed by atoms with Gasteiger partial charge in [0.2, 0.25) is 0 Å². The first kappa shape index (κ1) is 40.5. The van der Waals surface area contributed by atoms with Crippen molar-refractivity contribution >= 4 is 48.7 Å². The molecule has 1 aliphatic carbocycles. The Morgan fingerprint density at radius 2 is 0.758 bits per heavy atom. The van der Waals surface area contributed by atoms with Crippen molar-refractivity contribution in [1.29, 1.82) is 0 Å². The Morgan fingerprint density at radius 1 is 0.364 bits per heavy atom. The second-order valence-electron chi connectivity index (χ2n) is 17.0. The lowest BCUT2D eigenvalue weighted by molar-refractivity contribution is 0.834. The zero-order valence-corrected chi connectivity index (χ0v) is 36.8. The second-order valence-corrected chi connectivity index (χ2v) is 17.0. The quantitative estimate of drug-likeness (QED) is 0.0951. The van der Waals surface area contributed by atoms with Crippen LogP contribution in [0.2, 0.25) is 0 Å². The number of rotatable bonds is 10. The fraction of sp³-hybridized carbons (Fsp3) is 0.0303. The molecule has 0 aromatic heterocycles. The van der Waals surface area contributed by atoms with Gasteiger partial charge in [0.15, 0.2) is 0 Å². The van der Waals surface area contributed by atoms with Gasteiger partial charge in [0, 0.05) is 0 Å². The van der Waals surface area contributed by atoms with Gasteiger partial charge in [-0.05, 0) is 122 Å². The highest BCUT2D eigenvalue weighted by atomic mass is 14.3. The number of benzene rings is 10. The molecule has 312 valence electrons. The lowest BCUT2D eigenvalue weighted by atomic mass is 9.79. The Kier molecular flexibility index (Phi) is 11.1. The van der Waals surface area contributed by atoms with Gasteiger partial charge < -0.3 is 0 Å². The van der Waals surface area contributed by atoms with E-state index in [4.69, 9.17) is 0 Å². The summed E-state index contributed by atoms with van der Waals surface area (Å²) in [5, 5.41) is 9.85. The zero-order chi connectivity index (χ0) is 44.2. The van der Waals surface area contributed by atoms with Crippen molar-refractivity contribution in [2.45, 2.75) is 6.42 Å². The van der Waals surface area contributed by atoms with E-state index in [1.807, 2.05) is 6.08 Å². The molecule has 0 N–H and O–H groups in total. The molecule has 0 heterocycles. The van der Waals surface area contributed by atoms with Crippen LogP contribution in [-0.4, -0.2) is 0 Å². The maximum atomic E-state index is 4.15. The van der Waals surface area contributed by atoms with Crippen molar-refractivity contribution in [1.82, 2.24) is 0 Å². The van der Waals surface area contributed by atoms with Crippen LogP contribution in [0.3, 0.4) is 0 Å². The topological polar surface area (TPSA) is 0 Å². The van der Waals surface area contributed by atoms with Crippen LogP contribution in [0.4, 0.5) is 0 Å². The molecule has 10 aromatic rings. The van der Waals surface area contributed by atoms with Crippen LogP contribution in [0, 0.1) is 5.92 Å². The molecule has 0 aliphatic heterocycles. The maximum absolute atomic E-state index is 4.15. The lowest BCUT2D eigenvalue weighted by Crippen LogP contribution is -1.96. The molecule has 0 bridgehead atoms. The Hall–Kier alpha value is -8.32. The normalized spacial score (nSPS) is 13.1. The fourth-order valence-electron chi connectivity index (χ4n) is 10.2. The maximum Gasteiger partial charge on any atom is -0.00126 e. The molecule has 1 aliphatic rings. The minimum Gasteiger partial charge on any atom is -0.0990 e. The fourth-order valence-corrected chi connectivity index (χ4v) is 10.2. The van der Waals surface area contributed by atoms with Crippen LogP contribution in [0.15, 0.2) is 268 Å². The summed E-state index contributed by atoms with van der Waals surface area (Å²) in [6, 6.07) is 73.7. The molecule has 0 radical (unpaired) electrons. The molecule has 10 aromatic carbocycles. The average Bonchev–Trinajstić information content (AvgIpc) is 3.66. The number of allylic oxidation sites excluding steroid dienone is 11. The van der Waals surface area contributed by atoms with Gasteiger partial charge in [-0.3, -0.25) is 0 Å². The Bertz CT molecular complexity index is 3480. The molecular formula is C66H48. The highest BCUT2D eigenvalue weighted by molar-refractivity contribution is 6.30. The molecule has 0 saturated carbocycles. The molecule has 0 spiro atoms.